The molecule has 3 N–H and O–H groups in total. The van der Waals surface area contributed by atoms with Gasteiger partial charge in [0.25, 0.3) is 0 Å². The van der Waals surface area contributed by atoms with Crippen LogP contribution in [0.4, 0.5) is 5.69 Å². The summed E-state index contributed by atoms with van der Waals surface area (Å²) in [6, 6.07) is 22.8. The normalized spacial score (nSPS) is 9.69. The van der Waals surface area contributed by atoms with E-state index in [0.29, 0.717) is 29.5 Å². The van der Waals surface area contributed by atoms with Crippen LogP contribution in [0.15, 0.2) is 85.2 Å². The number of pyridine rings is 2. The maximum atomic E-state index is 11.6. The Bertz CT molecular complexity index is 1340. The molecular formula is C28H27Cl3N4O4. The van der Waals surface area contributed by atoms with E-state index in [9.17, 15) is 9.59 Å². The van der Waals surface area contributed by atoms with Gasteiger partial charge in [-0.25, -0.2) is 19.6 Å². The Morgan fingerprint density at radius 2 is 1.26 bits per heavy atom. The summed E-state index contributed by atoms with van der Waals surface area (Å²) in [5.74, 6) is -0.969. The average Bonchev–Trinajstić information content (AvgIpc) is 2.97. The monoisotopic (exact) mass is 588 g/mol. The van der Waals surface area contributed by atoms with E-state index in [2.05, 4.69) is 20.0 Å². The molecule has 0 saturated heterocycles. The number of ether oxygens (including phenoxy) is 2. The van der Waals surface area contributed by atoms with E-state index in [1.165, 1.54) is 38.2 Å². The third-order valence-corrected chi connectivity index (χ3v) is 5.63. The average molecular weight is 590 g/mol. The Labute approximate surface area is 242 Å². The molecule has 0 atom stereocenters. The molecule has 0 unspecified atom stereocenters. The molecule has 11 heteroatoms. The van der Waals surface area contributed by atoms with Gasteiger partial charge < -0.3 is 20.5 Å². The number of nitrogens with zero attached hydrogens (tertiary/aromatic N) is 2. The molecule has 8 nitrogen and oxygen atoms in total. The number of benzene rings is 2. The van der Waals surface area contributed by atoms with Gasteiger partial charge in [0, 0.05) is 25.5 Å². The fraction of sp³-hybridized carbons (Fsp3) is 0.143. The van der Waals surface area contributed by atoms with Gasteiger partial charge in [0.1, 0.15) is 15.9 Å². The Kier molecular flexibility index (Phi) is 13.7. The minimum absolute atomic E-state index is 0.212. The third kappa shape index (κ3) is 10.9. The minimum atomic E-state index is -0.524. The SMILES string of the molecule is COC(=O)c1cnc(Cl)cc1Cl.COC(=O)c1cnc(Cl)cc1NCc1ccccc1.NCc1ccccc1. The number of hydrogen-bond donors (Lipinski definition) is 2. The largest absolute Gasteiger partial charge is 0.465 e. The van der Waals surface area contributed by atoms with Crippen molar-refractivity contribution in [3.63, 3.8) is 0 Å². The molecular weight excluding hydrogens is 563 g/mol. The molecule has 0 spiro atoms. The summed E-state index contributed by atoms with van der Waals surface area (Å²) in [5, 5.41) is 3.96. The highest BCUT2D eigenvalue weighted by atomic mass is 35.5. The summed E-state index contributed by atoms with van der Waals surface area (Å²) in [6.45, 7) is 1.23. The van der Waals surface area contributed by atoms with Crippen molar-refractivity contribution in [1.29, 1.82) is 0 Å². The first-order chi connectivity index (χ1) is 18.8. The number of halogens is 3. The number of nitrogens with one attached hydrogen (secondary N) is 1. The number of methoxy groups -OCH3 is 2. The quantitative estimate of drug-likeness (QED) is 0.195. The third-order valence-electron chi connectivity index (χ3n) is 4.91. The molecule has 0 aliphatic rings. The van der Waals surface area contributed by atoms with Gasteiger partial charge in [-0.1, -0.05) is 95.5 Å². The van der Waals surface area contributed by atoms with Gasteiger partial charge >= 0.3 is 11.9 Å². The lowest BCUT2D eigenvalue weighted by atomic mass is 10.2. The zero-order valence-corrected chi connectivity index (χ0v) is 23.5. The van der Waals surface area contributed by atoms with E-state index in [1.807, 2.05) is 60.7 Å². The van der Waals surface area contributed by atoms with Crippen LogP contribution in [0.1, 0.15) is 31.8 Å². The summed E-state index contributed by atoms with van der Waals surface area (Å²) in [6.07, 6.45) is 2.68. The molecule has 0 radical (unpaired) electrons. The van der Waals surface area contributed by atoms with E-state index >= 15 is 0 Å². The predicted octanol–water partition coefficient (Wildman–Crippen LogP) is 6.45. The van der Waals surface area contributed by atoms with Gasteiger partial charge in [-0.05, 0) is 23.3 Å². The Morgan fingerprint density at radius 1 is 0.769 bits per heavy atom. The van der Waals surface area contributed by atoms with Crippen LogP contribution in [0.25, 0.3) is 0 Å². The lowest BCUT2D eigenvalue weighted by molar-refractivity contribution is 0.0592. The molecule has 0 saturated carbocycles. The lowest BCUT2D eigenvalue weighted by Crippen LogP contribution is -2.09. The second-order valence-electron chi connectivity index (χ2n) is 7.55. The topological polar surface area (TPSA) is 116 Å². The van der Waals surface area contributed by atoms with E-state index < -0.39 is 11.9 Å². The van der Waals surface area contributed by atoms with Crippen LogP contribution in [0.3, 0.4) is 0 Å². The first-order valence-corrected chi connectivity index (χ1v) is 12.6. The molecule has 2 aromatic heterocycles. The van der Waals surface area contributed by atoms with Crippen molar-refractivity contribution in [2.75, 3.05) is 19.5 Å². The number of carbonyl (C=O) groups is 2. The number of aromatic nitrogens is 2. The number of carbonyl (C=O) groups excluding carboxylic acids is 2. The zero-order chi connectivity index (χ0) is 28.6. The summed E-state index contributed by atoms with van der Waals surface area (Å²) in [7, 11) is 2.60. The van der Waals surface area contributed by atoms with E-state index in [-0.39, 0.29) is 15.7 Å². The van der Waals surface area contributed by atoms with Crippen LogP contribution in [0.5, 0.6) is 0 Å². The van der Waals surface area contributed by atoms with Crippen molar-refractivity contribution in [2.45, 2.75) is 13.1 Å². The molecule has 0 aliphatic heterocycles. The van der Waals surface area contributed by atoms with Crippen molar-refractivity contribution in [3.8, 4) is 0 Å². The fourth-order valence-electron chi connectivity index (χ4n) is 2.92. The van der Waals surface area contributed by atoms with Crippen LogP contribution in [-0.4, -0.2) is 36.1 Å². The van der Waals surface area contributed by atoms with E-state index in [0.717, 1.165) is 5.56 Å². The number of anilines is 1. The molecule has 0 amide bonds. The second kappa shape index (κ2) is 17.0. The molecule has 39 heavy (non-hydrogen) atoms. The van der Waals surface area contributed by atoms with Crippen LogP contribution in [-0.2, 0) is 22.6 Å². The molecule has 0 aliphatic carbocycles. The molecule has 4 aromatic rings. The van der Waals surface area contributed by atoms with Crippen LogP contribution >= 0.6 is 34.8 Å². The Morgan fingerprint density at radius 3 is 1.74 bits per heavy atom. The smallest absolute Gasteiger partial charge is 0.341 e. The molecule has 0 bridgehead atoms. The fourth-order valence-corrected chi connectivity index (χ4v) is 3.52. The van der Waals surface area contributed by atoms with Gasteiger partial charge in [-0.15, -0.1) is 0 Å². The summed E-state index contributed by atoms with van der Waals surface area (Å²) in [5.41, 5.74) is 8.82. The van der Waals surface area contributed by atoms with Gasteiger partial charge in [0.05, 0.1) is 30.5 Å². The highest BCUT2D eigenvalue weighted by Crippen LogP contribution is 2.21. The van der Waals surface area contributed by atoms with E-state index in [1.54, 1.807) is 6.07 Å². The maximum absolute atomic E-state index is 11.6. The maximum Gasteiger partial charge on any atom is 0.341 e. The number of rotatable bonds is 6. The van der Waals surface area contributed by atoms with Gasteiger partial charge in [-0.3, -0.25) is 0 Å². The van der Waals surface area contributed by atoms with Crippen molar-refractivity contribution in [1.82, 2.24) is 9.97 Å². The number of nitrogens with two attached hydrogens (primary N) is 1. The van der Waals surface area contributed by atoms with Crippen molar-refractivity contribution < 1.29 is 19.1 Å². The first-order valence-electron chi connectivity index (χ1n) is 11.4. The Hall–Kier alpha value is -3.69. The first kappa shape index (κ1) is 31.5. The Balaban J connectivity index is 0.000000227. The molecule has 204 valence electrons. The van der Waals surface area contributed by atoms with Crippen LogP contribution in [0, 0.1) is 0 Å². The van der Waals surface area contributed by atoms with Crippen LogP contribution < -0.4 is 11.1 Å². The van der Waals surface area contributed by atoms with Gasteiger partial charge in [0.15, 0.2) is 0 Å². The zero-order valence-electron chi connectivity index (χ0n) is 21.2. The summed E-state index contributed by atoms with van der Waals surface area (Å²) < 4.78 is 9.16. The van der Waals surface area contributed by atoms with Crippen LogP contribution in [0.2, 0.25) is 15.3 Å². The van der Waals surface area contributed by atoms with Crippen molar-refractivity contribution in [3.05, 3.63) is 123 Å². The molecule has 2 aromatic carbocycles. The molecule has 0 fully saturated rings. The van der Waals surface area contributed by atoms with Gasteiger partial charge in [0.2, 0.25) is 0 Å². The predicted molar refractivity (Wildman–Crippen MR) is 154 cm³/mol. The highest BCUT2D eigenvalue weighted by Gasteiger charge is 2.13. The summed E-state index contributed by atoms with van der Waals surface area (Å²) in [4.78, 5) is 30.1. The van der Waals surface area contributed by atoms with Gasteiger partial charge in [-0.2, -0.15) is 0 Å². The van der Waals surface area contributed by atoms with E-state index in [4.69, 9.17) is 45.3 Å². The van der Waals surface area contributed by atoms with Crippen molar-refractivity contribution in [2.24, 2.45) is 5.73 Å². The number of hydrogen-bond acceptors (Lipinski definition) is 8. The minimum Gasteiger partial charge on any atom is -0.465 e. The van der Waals surface area contributed by atoms with Crippen molar-refractivity contribution >= 4 is 52.4 Å². The highest BCUT2D eigenvalue weighted by molar-refractivity contribution is 6.36. The number of esters is 2. The standard InChI is InChI=1S/C14H13ClN2O2.C7H5Cl2NO2.C7H9N/c1-19-14(18)11-9-17-13(15)7-12(11)16-8-10-5-3-2-4-6-10;1-12-7(11)4-3-10-6(9)2-5(4)8;8-6-7-4-2-1-3-5-7/h2-7,9H,8H2,1H3,(H,16,17);2-3H,1H3;1-5H,6,8H2. The molecule has 4 rings (SSSR count). The molecule has 2 heterocycles. The second-order valence-corrected chi connectivity index (χ2v) is 8.73. The summed E-state index contributed by atoms with van der Waals surface area (Å²) >= 11 is 17.0. The lowest BCUT2D eigenvalue weighted by Gasteiger charge is -2.10.